The summed E-state index contributed by atoms with van der Waals surface area (Å²) in [4.78, 5) is 22.8. The molecule has 1 aliphatic carbocycles. The highest BCUT2D eigenvalue weighted by atomic mass is 19.1. The van der Waals surface area contributed by atoms with Crippen molar-refractivity contribution in [3.63, 3.8) is 0 Å². The maximum atomic E-state index is 13.9. The van der Waals surface area contributed by atoms with Crippen molar-refractivity contribution in [1.82, 2.24) is 19.6 Å². The number of ether oxygens (including phenoxy) is 2. The second-order valence-corrected chi connectivity index (χ2v) is 6.63. The maximum absolute atomic E-state index is 13.9. The molecule has 3 aromatic heterocycles. The molecule has 28 heavy (non-hydrogen) atoms. The fourth-order valence-corrected chi connectivity index (χ4v) is 3.44. The average molecular weight is 385 g/mol. The molecule has 0 N–H and O–H groups in total. The summed E-state index contributed by atoms with van der Waals surface area (Å²) in [5.74, 6) is 0.131. The lowest BCUT2D eigenvalue weighted by Gasteiger charge is -2.30. The van der Waals surface area contributed by atoms with Crippen LogP contribution in [0.4, 0.5) is 10.2 Å². The smallest absolute Gasteiger partial charge is 0.343 e. The minimum Gasteiger partial charge on any atom is -0.481 e. The SMILES string of the molecule is CCOC(=O)c1cnn2ccc(N(C)C3(c4cc(F)cnc4OC)CC3)nc12. The largest absolute Gasteiger partial charge is 0.481 e. The van der Waals surface area contributed by atoms with E-state index in [1.165, 1.54) is 23.9 Å². The van der Waals surface area contributed by atoms with E-state index in [0.717, 1.165) is 19.0 Å². The van der Waals surface area contributed by atoms with Crippen LogP contribution in [0.5, 0.6) is 5.88 Å². The third kappa shape index (κ3) is 2.83. The molecular weight excluding hydrogens is 365 g/mol. The van der Waals surface area contributed by atoms with Crippen LogP contribution in [0.2, 0.25) is 0 Å². The van der Waals surface area contributed by atoms with Crippen molar-refractivity contribution >= 4 is 17.4 Å². The van der Waals surface area contributed by atoms with Gasteiger partial charge in [-0.15, -0.1) is 0 Å². The number of methoxy groups -OCH3 is 1. The molecule has 0 spiro atoms. The predicted molar refractivity (Wildman–Crippen MR) is 99.0 cm³/mol. The summed E-state index contributed by atoms with van der Waals surface area (Å²) in [6.45, 7) is 2.01. The number of pyridine rings is 1. The van der Waals surface area contributed by atoms with Crippen LogP contribution in [0, 0.1) is 5.82 Å². The molecular formula is C19H20FN5O3. The second kappa shape index (κ2) is 6.74. The Hall–Kier alpha value is -3.23. The van der Waals surface area contributed by atoms with Gasteiger partial charge in [0, 0.05) is 18.8 Å². The van der Waals surface area contributed by atoms with Crippen molar-refractivity contribution in [2.75, 3.05) is 25.7 Å². The first-order chi connectivity index (χ1) is 13.5. The molecule has 0 saturated heterocycles. The standard InChI is InChI=1S/C19H20FN5O3/c1-4-28-18(26)13-11-22-25-8-5-15(23-16(13)25)24(2)19(6-7-19)14-9-12(20)10-21-17(14)27-3/h5,8-11H,4,6-7H2,1-3H3. The molecule has 8 nitrogen and oxygen atoms in total. The van der Waals surface area contributed by atoms with Crippen LogP contribution in [0.3, 0.4) is 0 Å². The molecule has 1 fully saturated rings. The molecule has 0 amide bonds. The Bertz CT molecular complexity index is 1050. The van der Waals surface area contributed by atoms with Crippen molar-refractivity contribution < 1.29 is 18.7 Å². The molecule has 146 valence electrons. The Balaban J connectivity index is 1.75. The molecule has 0 radical (unpaired) electrons. The maximum Gasteiger partial charge on any atom is 0.343 e. The number of fused-ring (bicyclic) bond motifs is 1. The summed E-state index contributed by atoms with van der Waals surface area (Å²) in [6, 6.07) is 3.25. The van der Waals surface area contributed by atoms with Gasteiger partial charge in [0.25, 0.3) is 0 Å². The molecule has 0 aromatic carbocycles. The van der Waals surface area contributed by atoms with Crippen LogP contribution in [-0.2, 0) is 10.3 Å². The zero-order chi connectivity index (χ0) is 19.9. The fourth-order valence-electron chi connectivity index (χ4n) is 3.44. The van der Waals surface area contributed by atoms with Crippen LogP contribution >= 0.6 is 0 Å². The molecule has 0 atom stereocenters. The monoisotopic (exact) mass is 385 g/mol. The third-order valence-corrected chi connectivity index (χ3v) is 5.07. The fraction of sp³-hybridized carbons (Fsp3) is 0.368. The van der Waals surface area contributed by atoms with Crippen LogP contribution in [0.1, 0.15) is 35.7 Å². The van der Waals surface area contributed by atoms with Gasteiger partial charge in [-0.1, -0.05) is 0 Å². The van der Waals surface area contributed by atoms with E-state index in [0.29, 0.717) is 28.5 Å². The zero-order valence-corrected chi connectivity index (χ0v) is 15.8. The van der Waals surface area contributed by atoms with E-state index in [-0.39, 0.29) is 6.61 Å². The minimum absolute atomic E-state index is 0.269. The van der Waals surface area contributed by atoms with Crippen molar-refractivity contribution in [1.29, 1.82) is 0 Å². The summed E-state index contributed by atoms with van der Waals surface area (Å²) in [5.41, 5.74) is 0.920. The Kier molecular flexibility index (Phi) is 4.37. The molecule has 1 aliphatic rings. The summed E-state index contributed by atoms with van der Waals surface area (Å²) < 4.78 is 25.8. The van der Waals surface area contributed by atoms with Crippen molar-refractivity contribution in [3.05, 3.63) is 47.7 Å². The minimum atomic E-state index is -0.470. The number of nitrogens with zero attached hydrogens (tertiary/aromatic N) is 5. The molecule has 3 aromatic rings. The van der Waals surface area contributed by atoms with Crippen molar-refractivity contribution in [3.8, 4) is 5.88 Å². The first kappa shape index (κ1) is 18.1. The molecule has 0 aliphatic heterocycles. The number of aromatic nitrogens is 4. The summed E-state index contributed by atoms with van der Waals surface area (Å²) >= 11 is 0. The van der Waals surface area contributed by atoms with Gasteiger partial charge in [0.2, 0.25) is 5.88 Å². The number of halogens is 1. The van der Waals surface area contributed by atoms with E-state index in [1.807, 2.05) is 11.9 Å². The van der Waals surface area contributed by atoms with Gasteiger partial charge in [0.1, 0.15) is 17.2 Å². The molecule has 0 bridgehead atoms. The molecule has 1 saturated carbocycles. The molecule has 9 heteroatoms. The van der Waals surface area contributed by atoms with E-state index in [4.69, 9.17) is 9.47 Å². The highest BCUT2D eigenvalue weighted by Crippen LogP contribution is 2.53. The number of esters is 1. The van der Waals surface area contributed by atoms with Gasteiger partial charge in [-0.2, -0.15) is 5.10 Å². The van der Waals surface area contributed by atoms with E-state index >= 15 is 0 Å². The third-order valence-electron chi connectivity index (χ3n) is 5.07. The number of carbonyl (C=O) groups is 1. The highest BCUT2D eigenvalue weighted by Gasteiger charge is 2.51. The van der Waals surface area contributed by atoms with Gasteiger partial charge < -0.3 is 14.4 Å². The van der Waals surface area contributed by atoms with Crippen LogP contribution in [-0.4, -0.2) is 46.3 Å². The molecule has 4 rings (SSSR count). The lowest BCUT2D eigenvalue weighted by molar-refractivity contribution is 0.0528. The van der Waals surface area contributed by atoms with Gasteiger partial charge in [-0.25, -0.2) is 23.7 Å². The number of carbonyl (C=O) groups excluding carboxylic acids is 1. The molecule has 0 unspecified atom stereocenters. The van der Waals surface area contributed by atoms with Gasteiger partial charge >= 0.3 is 5.97 Å². The Morgan fingerprint density at radius 3 is 2.86 bits per heavy atom. The van der Waals surface area contributed by atoms with Gasteiger partial charge in [-0.05, 0) is 31.9 Å². The van der Waals surface area contributed by atoms with Crippen LogP contribution in [0.25, 0.3) is 5.65 Å². The summed E-state index contributed by atoms with van der Waals surface area (Å²) in [5, 5.41) is 4.15. The zero-order valence-electron chi connectivity index (χ0n) is 15.8. The predicted octanol–water partition coefficient (Wildman–Crippen LogP) is 2.57. The second-order valence-electron chi connectivity index (χ2n) is 6.63. The number of rotatable bonds is 6. The van der Waals surface area contributed by atoms with Crippen molar-refractivity contribution in [2.24, 2.45) is 0 Å². The quantitative estimate of drug-likeness (QED) is 0.603. The Labute approximate surface area is 160 Å². The van der Waals surface area contributed by atoms with Crippen molar-refractivity contribution in [2.45, 2.75) is 25.3 Å². The van der Waals surface area contributed by atoms with E-state index in [9.17, 15) is 9.18 Å². The lowest BCUT2D eigenvalue weighted by atomic mass is 10.0. The normalized spacial score (nSPS) is 14.7. The van der Waals surface area contributed by atoms with Gasteiger partial charge in [0.15, 0.2) is 5.65 Å². The van der Waals surface area contributed by atoms with Crippen LogP contribution < -0.4 is 9.64 Å². The highest BCUT2D eigenvalue weighted by molar-refractivity contribution is 5.95. The first-order valence-electron chi connectivity index (χ1n) is 8.95. The molecule has 3 heterocycles. The van der Waals surface area contributed by atoms with E-state index in [1.54, 1.807) is 19.2 Å². The first-order valence-corrected chi connectivity index (χ1v) is 8.95. The Morgan fingerprint density at radius 2 is 2.18 bits per heavy atom. The summed E-state index contributed by atoms with van der Waals surface area (Å²) in [7, 11) is 3.40. The average Bonchev–Trinajstić information content (AvgIpc) is 3.40. The Morgan fingerprint density at radius 1 is 1.39 bits per heavy atom. The number of hydrogen-bond acceptors (Lipinski definition) is 7. The number of hydrogen-bond donors (Lipinski definition) is 0. The topological polar surface area (TPSA) is 81.8 Å². The summed E-state index contributed by atoms with van der Waals surface area (Å²) in [6.07, 6.45) is 5.93. The lowest BCUT2D eigenvalue weighted by Crippen LogP contribution is -2.33. The van der Waals surface area contributed by atoms with E-state index < -0.39 is 17.3 Å². The van der Waals surface area contributed by atoms with Gasteiger partial charge in [-0.3, -0.25) is 0 Å². The van der Waals surface area contributed by atoms with E-state index in [2.05, 4.69) is 15.1 Å². The van der Waals surface area contributed by atoms with Gasteiger partial charge in [0.05, 0.1) is 31.6 Å². The number of anilines is 1. The van der Waals surface area contributed by atoms with Crippen LogP contribution in [0.15, 0.2) is 30.7 Å².